The highest BCUT2D eigenvalue weighted by molar-refractivity contribution is 7.92. The van der Waals surface area contributed by atoms with E-state index in [1.807, 2.05) is 0 Å². The lowest BCUT2D eigenvalue weighted by atomic mass is 10.1. The molecule has 0 radical (unpaired) electrons. The fourth-order valence-corrected chi connectivity index (χ4v) is 4.40. The third kappa shape index (κ3) is 5.21. The van der Waals surface area contributed by atoms with E-state index in [9.17, 15) is 23.3 Å². The highest BCUT2D eigenvalue weighted by Gasteiger charge is 2.23. The fraction of sp³-hybridized carbons (Fsp3) is 0.136. The molecule has 0 bridgehead atoms. The summed E-state index contributed by atoms with van der Waals surface area (Å²) in [6.07, 6.45) is 0. The Bertz CT molecular complexity index is 1320. The number of nitrogens with one attached hydrogen (secondary N) is 2. The number of aryl methyl sites for hydroxylation is 1. The first-order chi connectivity index (χ1) is 15.7. The van der Waals surface area contributed by atoms with Crippen LogP contribution in [0, 0.1) is 17.0 Å². The summed E-state index contributed by atoms with van der Waals surface area (Å²) in [6.45, 7) is 1.52. The van der Waals surface area contributed by atoms with Crippen LogP contribution >= 0.6 is 0 Å². The molecule has 0 aliphatic heterocycles. The summed E-state index contributed by atoms with van der Waals surface area (Å²) in [5.74, 6) is 0.297. The first kappa shape index (κ1) is 23.5. The van der Waals surface area contributed by atoms with Crippen molar-refractivity contribution in [2.45, 2.75) is 11.8 Å². The molecule has 33 heavy (non-hydrogen) atoms. The number of amides is 1. The Labute approximate surface area is 190 Å². The quantitative estimate of drug-likeness (QED) is 0.374. The summed E-state index contributed by atoms with van der Waals surface area (Å²) in [5, 5.41) is 13.8. The summed E-state index contributed by atoms with van der Waals surface area (Å²) >= 11 is 0. The fourth-order valence-electron chi connectivity index (χ4n) is 3.05. The molecule has 0 unspecified atom stereocenters. The number of hydrogen-bond donors (Lipinski definition) is 2. The maximum atomic E-state index is 13.0. The van der Waals surface area contributed by atoms with Crippen LogP contribution in [-0.2, 0) is 10.0 Å². The first-order valence-corrected chi connectivity index (χ1v) is 11.0. The minimum Gasteiger partial charge on any atom is -0.497 e. The average molecular weight is 471 g/mol. The Hall–Kier alpha value is -4.12. The molecule has 0 saturated carbocycles. The third-order valence-electron chi connectivity index (χ3n) is 4.74. The van der Waals surface area contributed by atoms with Crippen LogP contribution in [0.3, 0.4) is 0 Å². The molecule has 172 valence electrons. The number of nitro benzene ring substituents is 1. The van der Waals surface area contributed by atoms with E-state index in [0.717, 1.165) is 6.07 Å². The monoisotopic (exact) mass is 471 g/mol. The third-order valence-corrected chi connectivity index (χ3v) is 6.25. The molecule has 0 aromatic heterocycles. The lowest BCUT2D eigenvalue weighted by Gasteiger charge is -2.15. The zero-order valence-corrected chi connectivity index (χ0v) is 18.8. The van der Waals surface area contributed by atoms with Gasteiger partial charge in [0.2, 0.25) is 0 Å². The van der Waals surface area contributed by atoms with Gasteiger partial charge in [-0.05, 0) is 36.8 Å². The predicted molar refractivity (Wildman–Crippen MR) is 123 cm³/mol. The van der Waals surface area contributed by atoms with Gasteiger partial charge in [0.25, 0.3) is 21.6 Å². The number of carbonyl (C=O) groups is 1. The molecule has 0 aliphatic carbocycles. The van der Waals surface area contributed by atoms with Crippen LogP contribution in [0.15, 0.2) is 65.6 Å². The molecule has 0 aliphatic rings. The standard InChI is InChI=1S/C22H21N3O7S/c1-14-8-9-15(25(27)28)12-21(14)33(29,30)24-18-7-5-4-6-17(18)22(26)23-19-11-10-16(31-2)13-20(19)32-3/h4-13,24H,1-3H3,(H,23,26). The van der Waals surface area contributed by atoms with E-state index in [1.54, 1.807) is 30.3 Å². The topological polar surface area (TPSA) is 137 Å². The van der Waals surface area contributed by atoms with Crippen LogP contribution in [-0.4, -0.2) is 33.5 Å². The SMILES string of the molecule is COc1ccc(NC(=O)c2ccccc2NS(=O)(=O)c2cc([N+](=O)[O-])ccc2C)c(OC)c1. The molecule has 3 aromatic rings. The van der Waals surface area contributed by atoms with Gasteiger partial charge in [0.15, 0.2) is 0 Å². The van der Waals surface area contributed by atoms with Gasteiger partial charge >= 0.3 is 0 Å². The van der Waals surface area contributed by atoms with Crippen LogP contribution in [0.25, 0.3) is 0 Å². The minimum absolute atomic E-state index is 0.00776. The summed E-state index contributed by atoms with van der Waals surface area (Å²) in [5.41, 5.74) is 0.363. The molecule has 3 aromatic carbocycles. The molecule has 11 heteroatoms. The Morgan fingerprint density at radius 1 is 0.970 bits per heavy atom. The van der Waals surface area contributed by atoms with E-state index in [1.165, 1.54) is 45.4 Å². The molecule has 1 amide bonds. The summed E-state index contributed by atoms with van der Waals surface area (Å²) in [4.78, 5) is 23.1. The molecule has 0 atom stereocenters. The van der Waals surface area contributed by atoms with Crippen molar-refractivity contribution in [2.24, 2.45) is 0 Å². The number of nitrogens with zero attached hydrogens (tertiary/aromatic N) is 1. The van der Waals surface area contributed by atoms with E-state index in [0.29, 0.717) is 22.7 Å². The maximum Gasteiger partial charge on any atom is 0.270 e. The number of ether oxygens (including phenoxy) is 2. The summed E-state index contributed by atoms with van der Waals surface area (Å²) in [6, 6.07) is 14.4. The molecular weight excluding hydrogens is 450 g/mol. The van der Waals surface area contributed by atoms with Gasteiger partial charge in [-0.15, -0.1) is 0 Å². The van der Waals surface area contributed by atoms with Gasteiger partial charge in [0, 0.05) is 18.2 Å². The number of rotatable bonds is 8. The molecule has 0 heterocycles. The van der Waals surface area contributed by atoms with Gasteiger partial charge in [-0.1, -0.05) is 18.2 Å². The van der Waals surface area contributed by atoms with Crippen molar-refractivity contribution in [3.05, 3.63) is 81.9 Å². The maximum absolute atomic E-state index is 13.0. The molecular formula is C22H21N3O7S. The number of sulfonamides is 1. The van der Waals surface area contributed by atoms with Gasteiger partial charge < -0.3 is 14.8 Å². The van der Waals surface area contributed by atoms with Crippen molar-refractivity contribution in [3.63, 3.8) is 0 Å². The van der Waals surface area contributed by atoms with Gasteiger partial charge in [0.1, 0.15) is 11.5 Å². The zero-order valence-electron chi connectivity index (χ0n) is 18.0. The number of anilines is 2. The lowest BCUT2D eigenvalue weighted by Crippen LogP contribution is -2.19. The number of nitro groups is 1. The summed E-state index contributed by atoms with van der Waals surface area (Å²) < 4.78 is 38.8. The number of para-hydroxylation sites is 1. The van der Waals surface area contributed by atoms with E-state index in [4.69, 9.17) is 9.47 Å². The molecule has 0 fully saturated rings. The van der Waals surface area contributed by atoms with Crippen molar-refractivity contribution in [1.29, 1.82) is 0 Å². The van der Waals surface area contributed by atoms with Crippen molar-refractivity contribution in [2.75, 3.05) is 24.3 Å². The van der Waals surface area contributed by atoms with Gasteiger partial charge in [-0.3, -0.25) is 19.6 Å². The zero-order chi connectivity index (χ0) is 24.2. The number of non-ortho nitro benzene ring substituents is 1. The molecule has 3 rings (SSSR count). The number of hydrogen-bond acceptors (Lipinski definition) is 7. The van der Waals surface area contributed by atoms with Gasteiger partial charge in [0.05, 0.1) is 41.0 Å². The highest BCUT2D eigenvalue weighted by Crippen LogP contribution is 2.30. The largest absolute Gasteiger partial charge is 0.497 e. The molecule has 10 nitrogen and oxygen atoms in total. The Balaban J connectivity index is 1.93. The second-order valence-electron chi connectivity index (χ2n) is 6.88. The minimum atomic E-state index is -4.23. The Morgan fingerprint density at radius 2 is 1.70 bits per heavy atom. The first-order valence-electron chi connectivity index (χ1n) is 9.56. The van der Waals surface area contributed by atoms with Crippen molar-refractivity contribution >= 4 is 33.0 Å². The van der Waals surface area contributed by atoms with E-state index >= 15 is 0 Å². The summed E-state index contributed by atoms with van der Waals surface area (Å²) in [7, 11) is -1.29. The molecule has 0 saturated heterocycles. The van der Waals surface area contributed by atoms with E-state index in [-0.39, 0.29) is 21.8 Å². The second-order valence-corrected chi connectivity index (χ2v) is 8.53. The molecule has 0 spiro atoms. The number of methoxy groups -OCH3 is 2. The van der Waals surface area contributed by atoms with Crippen LogP contribution in [0.1, 0.15) is 15.9 Å². The number of benzene rings is 3. The van der Waals surface area contributed by atoms with Crippen LogP contribution in [0.5, 0.6) is 11.5 Å². The normalized spacial score (nSPS) is 10.9. The smallest absolute Gasteiger partial charge is 0.270 e. The van der Waals surface area contributed by atoms with Crippen LogP contribution in [0.2, 0.25) is 0 Å². The van der Waals surface area contributed by atoms with E-state index in [2.05, 4.69) is 10.0 Å². The van der Waals surface area contributed by atoms with Crippen LogP contribution < -0.4 is 19.5 Å². The average Bonchev–Trinajstić information content (AvgIpc) is 2.79. The molecule has 2 N–H and O–H groups in total. The highest BCUT2D eigenvalue weighted by atomic mass is 32.2. The van der Waals surface area contributed by atoms with Gasteiger partial charge in [-0.25, -0.2) is 8.42 Å². The van der Waals surface area contributed by atoms with Gasteiger partial charge in [-0.2, -0.15) is 0 Å². The van der Waals surface area contributed by atoms with Crippen LogP contribution in [0.4, 0.5) is 17.1 Å². The van der Waals surface area contributed by atoms with Crippen molar-refractivity contribution in [3.8, 4) is 11.5 Å². The Morgan fingerprint density at radius 3 is 2.36 bits per heavy atom. The van der Waals surface area contributed by atoms with Crippen molar-refractivity contribution in [1.82, 2.24) is 0 Å². The Kier molecular flexibility index (Phi) is 6.83. The number of carbonyl (C=O) groups excluding carboxylic acids is 1. The lowest BCUT2D eigenvalue weighted by molar-refractivity contribution is -0.385. The van der Waals surface area contributed by atoms with Crippen molar-refractivity contribution < 1.29 is 27.6 Å². The van der Waals surface area contributed by atoms with E-state index < -0.39 is 20.9 Å². The predicted octanol–water partition coefficient (Wildman–Crippen LogP) is 3.97. The second kappa shape index (κ2) is 9.57.